The number of nitrogens with zero attached hydrogens (tertiary/aromatic N) is 2. The first-order valence-corrected chi connectivity index (χ1v) is 5.71. The number of rotatable bonds is 2. The number of aryl methyl sites for hydroxylation is 2. The zero-order chi connectivity index (χ0) is 12.3. The van der Waals surface area contributed by atoms with E-state index in [1.165, 1.54) is 11.1 Å². The van der Waals surface area contributed by atoms with Crippen LogP contribution in [0.15, 0.2) is 47.6 Å². The van der Waals surface area contributed by atoms with Crippen molar-refractivity contribution < 1.29 is 0 Å². The molecule has 1 heterocycles. The standard InChI is InChI=1S/C15H16N2/c1-11-8-9-16-15(10-11)13(3)17-14-7-5-4-6-12(14)2/h4-10H,1-3H3/b17-13+. The summed E-state index contributed by atoms with van der Waals surface area (Å²) >= 11 is 0. The summed E-state index contributed by atoms with van der Waals surface area (Å²) in [5.41, 5.74) is 5.28. The lowest BCUT2D eigenvalue weighted by Crippen LogP contribution is -1.98. The fourth-order valence-corrected chi connectivity index (χ4v) is 1.66. The van der Waals surface area contributed by atoms with E-state index in [1.54, 1.807) is 0 Å². The van der Waals surface area contributed by atoms with Gasteiger partial charge in [0.15, 0.2) is 0 Å². The van der Waals surface area contributed by atoms with E-state index in [9.17, 15) is 0 Å². The van der Waals surface area contributed by atoms with E-state index >= 15 is 0 Å². The molecule has 0 saturated carbocycles. The Morgan fingerprint density at radius 3 is 2.59 bits per heavy atom. The first kappa shape index (κ1) is 11.5. The second-order valence-corrected chi connectivity index (χ2v) is 4.20. The Bertz CT molecular complexity index is 556. The Hall–Kier alpha value is -1.96. The minimum absolute atomic E-state index is 0.938. The van der Waals surface area contributed by atoms with Crippen LogP contribution in [0.5, 0.6) is 0 Å². The van der Waals surface area contributed by atoms with Gasteiger partial charge in [0.2, 0.25) is 0 Å². The molecule has 0 amide bonds. The van der Waals surface area contributed by atoms with Gasteiger partial charge in [0, 0.05) is 6.20 Å². The van der Waals surface area contributed by atoms with Crippen LogP contribution in [0.3, 0.4) is 0 Å². The fourth-order valence-electron chi connectivity index (χ4n) is 1.66. The number of aromatic nitrogens is 1. The van der Waals surface area contributed by atoms with Gasteiger partial charge in [-0.15, -0.1) is 0 Å². The third-order valence-corrected chi connectivity index (χ3v) is 2.69. The van der Waals surface area contributed by atoms with Crippen LogP contribution in [0.1, 0.15) is 23.7 Å². The normalized spacial score (nSPS) is 11.6. The van der Waals surface area contributed by atoms with Crippen molar-refractivity contribution in [2.75, 3.05) is 0 Å². The molecule has 0 spiro atoms. The molecule has 1 aromatic heterocycles. The van der Waals surface area contributed by atoms with Crippen LogP contribution < -0.4 is 0 Å². The van der Waals surface area contributed by atoms with E-state index in [0.29, 0.717) is 0 Å². The molecule has 0 unspecified atom stereocenters. The average molecular weight is 224 g/mol. The second kappa shape index (κ2) is 4.91. The van der Waals surface area contributed by atoms with Crippen molar-refractivity contribution in [1.82, 2.24) is 4.98 Å². The number of pyridine rings is 1. The van der Waals surface area contributed by atoms with Crippen LogP contribution in [0.4, 0.5) is 5.69 Å². The van der Waals surface area contributed by atoms with Crippen LogP contribution in [-0.4, -0.2) is 10.7 Å². The molecule has 17 heavy (non-hydrogen) atoms. The van der Waals surface area contributed by atoms with Crippen LogP contribution in [0.2, 0.25) is 0 Å². The van der Waals surface area contributed by atoms with Crippen molar-refractivity contribution in [3.8, 4) is 0 Å². The van der Waals surface area contributed by atoms with Crippen LogP contribution in [-0.2, 0) is 0 Å². The van der Waals surface area contributed by atoms with Crippen molar-refractivity contribution in [2.45, 2.75) is 20.8 Å². The summed E-state index contributed by atoms with van der Waals surface area (Å²) in [5.74, 6) is 0. The third kappa shape index (κ3) is 2.78. The predicted molar refractivity (Wildman–Crippen MR) is 72.0 cm³/mol. The predicted octanol–water partition coefficient (Wildman–Crippen LogP) is 3.84. The second-order valence-electron chi connectivity index (χ2n) is 4.20. The van der Waals surface area contributed by atoms with Gasteiger partial charge in [-0.1, -0.05) is 18.2 Å². The highest BCUT2D eigenvalue weighted by Gasteiger charge is 2.01. The van der Waals surface area contributed by atoms with E-state index in [2.05, 4.69) is 36.0 Å². The molecule has 0 fully saturated rings. The Morgan fingerprint density at radius 2 is 1.88 bits per heavy atom. The zero-order valence-corrected chi connectivity index (χ0v) is 10.4. The molecule has 0 aliphatic carbocycles. The summed E-state index contributed by atoms with van der Waals surface area (Å²) in [6.45, 7) is 6.12. The Labute approximate surface area is 102 Å². The Balaban J connectivity index is 2.38. The van der Waals surface area contributed by atoms with E-state index in [0.717, 1.165) is 17.1 Å². The Morgan fingerprint density at radius 1 is 1.12 bits per heavy atom. The number of hydrogen-bond donors (Lipinski definition) is 0. The quantitative estimate of drug-likeness (QED) is 0.711. The van der Waals surface area contributed by atoms with Crippen molar-refractivity contribution >= 4 is 11.4 Å². The molecule has 0 aliphatic heterocycles. The van der Waals surface area contributed by atoms with E-state index in [4.69, 9.17) is 0 Å². The van der Waals surface area contributed by atoms with Gasteiger partial charge >= 0.3 is 0 Å². The van der Waals surface area contributed by atoms with E-state index in [1.807, 2.05) is 37.4 Å². The van der Waals surface area contributed by atoms with Gasteiger partial charge in [0.25, 0.3) is 0 Å². The lowest BCUT2D eigenvalue weighted by atomic mass is 10.2. The van der Waals surface area contributed by atoms with Crippen molar-refractivity contribution in [1.29, 1.82) is 0 Å². The molecular formula is C15H16N2. The van der Waals surface area contributed by atoms with Gasteiger partial charge < -0.3 is 0 Å². The topological polar surface area (TPSA) is 25.2 Å². The van der Waals surface area contributed by atoms with Gasteiger partial charge in [-0.2, -0.15) is 0 Å². The lowest BCUT2D eigenvalue weighted by molar-refractivity contribution is 1.24. The summed E-state index contributed by atoms with van der Waals surface area (Å²) in [6.07, 6.45) is 1.82. The molecule has 1 aromatic carbocycles. The van der Waals surface area contributed by atoms with Gasteiger partial charge in [-0.3, -0.25) is 9.98 Å². The van der Waals surface area contributed by atoms with E-state index < -0.39 is 0 Å². The zero-order valence-electron chi connectivity index (χ0n) is 10.4. The first-order valence-electron chi connectivity index (χ1n) is 5.71. The van der Waals surface area contributed by atoms with Gasteiger partial charge in [0.1, 0.15) is 0 Å². The highest BCUT2D eigenvalue weighted by molar-refractivity contribution is 5.98. The number of para-hydroxylation sites is 1. The maximum absolute atomic E-state index is 4.62. The molecule has 0 bridgehead atoms. The monoisotopic (exact) mass is 224 g/mol. The highest BCUT2D eigenvalue weighted by atomic mass is 14.8. The number of benzene rings is 1. The molecular weight excluding hydrogens is 208 g/mol. The summed E-state index contributed by atoms with van der Waals surface area (Å²) in [7, 11) is 0. The number of aliphatic imine (C=N–C) groups is 1. The Kier molecular flexibility index (Phi) is 3.33. The molecule has 86 valence electrons. The highest BCUT2D eigenvalue weighted by Crippen LogP contribution is 2.18. The lowest BCUT2D eigenvalue weighted by Gasteiger charge is -2.03. The van der Waals surface area contributed by atoms with Crippen molar-refractivity contribution in [3.05, 3.63) is 59.4 Å². The molecule has 2 aromatic rings. The first-order chi connectivity index (χ1) is 8.16. The molecule has 0 aliphatic rings. The minimum Gasteiger partial charge on any atom is -0.255 e. The molecule has 2 rings (SSSR count). The molecule has 0 radical (unpaired) electrons. The number of hydrogen-bond acceptors (Lipinski definition) is 2. The third-order valence-electron chi connectivity index (χ3n) is 2.69. The summed E-state index contributed by atoms with van der Waals surface area (Å²) in [4.78, 5) is 8.96. The largest absolute Gasteiger partial charge is 0.255 e. The van der Waals surface area contributed by atoms with Gasteiger partial charge in [-0.05, 0) is 50.1 Å². The van der Waals surface area contributed by atoms with Crippen molar-refractivity contribution in [2.24, 2.45) is 4.99 Å². The average Bonchev–Trinajstić information content (AvgIpc) is 2.32. The van der Waals surface area contributed by atoms with Crippen LogP contribution in [0, 0.1) is 13.8 Å². The molecule has 0 atom stereocenters. The van der Waals surface area contributed by atoms with Gasteiger partial charge in [0.05, 0.1) is 17.1 Å². The molecule has 0 N–H and O–H groups in total. The van der Waals surface area contributed by atoms with Gasteiger partial charge in [-0.25, -0.2) is 0 Å². The molecule has 2 heteroatoms. The van der Waals surface area contributed by atoms with Crippen LogP contribution >= 0.6 is 0 Å². The van der Waals surface area contributed by atoms with Crippen LogP contribution in [0.25, 0.3) is 0 Å². The molecule has 2 nitrogen and oxygen atoms in total. The molecule has 0 saturated heterocycles. The van der Waals surface area contributed by atoms with Crippen molar-refractivity contribution in [3.63, 3.8) is 0 Å². The maximum Gasteiger partial charge on any atom is 0.0844 e. The van der Waals surface area contributed by atoms with E-state index in [-0.39, 0.29) is 0 Å². The summed E-state index contributed by atoms with van der Waals surface area (Å²) in [5, 5.41) is 0. The maximum atomic E-state index is 4.62. The summed E-state index contributed by atoms with van der Waals surface area (Å²) in [6, 6.07) is 12.2. The minimum atomic E-state index is 0.938. The summed E-state index contributed by atoms with van der Waals surface area (Å²) < 4.78 is 0. The SMILES string of the molecule is C/C(=N\c1ccccc1C)c1cc(C)ccn1. The fraction of sp³-hybridized carbons (Fsp3) is 0.200. The smallest absolute Gasteiger partial charge is 0.0844 e.